The lowest BCUT2D eigenvalue weighted by Crippen LogP contribution is -2.27. The normalized spacial score (nSPS) is 15.5. The molecule has 0 saturated heterocycles. The molecule has 2 aromatic heterocycles. The van der Waals surface area contributed by atoms with E-state index in [1.165, 1.54) is 10.0 Å². The van der Waals surface area contributed by atoms with E-state index in [-0.39, 0.29) is 31.2 Å². The van der Waals surface area contributed by atoms with Gasteiger partial charge >= 0.3 is 11.9 Å². The summed E-state index contributed by atoms with van der Waals surface area (Å²) in [6.45, 7) is 1.92. The van der Waals surface area contributed by atoms with Crippen molar-refractivity contribution in [1.82, 2.24) is 20.0 Å². The number of carboxylic acids is 2. The van der Waals surface area contributed by atoms with Crippen LogP contribution in [0.2, 0.25) is 5.02 Å². The van der Waals surface area contributed by atoms with Crippen LogP contribution in [0.5, 0.6) is 0 Å². The van der Waals surface area contributed by atoms with Crippen LogP contribution in [0.3, 0.4) is 0 Å². The minimum absolute atomic E-state index is 0.159. The number of pyridine rings is 2. The number of aromatic amines is 1. The molecule has 0 fully saturated rings. The van der Waals surface area contributed by atoms with E-state index in [1.807, 2.05) is 128 Å². The molecule has 3 N–H and O–H groups in total. The number of carbonyl (C=O) groups excluding carboxylic acids is 2. The first-order valence-corrected chi connectivity index (χ1v) is 25.4. The van der Waals surface area contributed by atoms with Gasteiger partial charge in [0.1, 0.15) is 0 Å². The summed E-state index contributed by atoms with van der Waals surface area (Å²) in [6, 6.07) is 42.9. The lowest BCUT2D eigenvalue weighted by atomic mass is 9.87. The molecule has 0 aliphatic carbocycles. The summed E-state index contributed by atoms with van der Waals surface area (Å²) in [5, 5.41) is 33.6. The maximum atomic E-state index is 14.2. The number of fused-ring (bicyclic) bond motifs is 2. The monoisotopic (exact) mass is 1120 g/mol. The van der Waals surface area contributed by atoms with Crippen molar-refractivity contribution in [2.24, 2.45) is 10.2 Å². The molecule has 10 rings (SSSR count). The number of hydrogen-bond acceptors (Lipinski definition) is 8. The first-order chi connectivity index (χ1) is 35.2. The largest absolute Gasteiger partial charge is 0.481 e. The predicted octanol–water partition coefficient (Wildman–Crippen LogP) is 12.6. The molecule has 0 spiro atoms. The summed E-state index contributed by atoms with van der Waals surface area (Å²) in [4.78, 5) is 73.5. The first-order valence-electron chi connectivity index (χ1n) is 23.4. The van der Waals surface area contributed by atoms with E-state index >= 15 is 0 Å². The highest BCUT2D eigenvalue weighted by Gasteiger charge is 2.37. The van der Waals surface area contributed by atoms with Gasteiger partial charge in [-0.15, -0.1) is 0 Å². The second-order valence-electron chi connectivity index (χ2n) is 17.9. The van der Waals surface area contributed by atoms with E-state index in [2.05, 4.69) is 36.8 Å². The Bertz CT molecular complexity index is 3660. The molecule has 2 aliphatic heterocycles. The topological polar surface area (TPSA) is 186 Å². The van der Waals surface area contributed by atoms with Crippen molar-refractivity contribution in [1.29, 1.82) is 0 Å². The maximum Gasteiger partial charge on any atom is 0.303 e. The third kappa shape index (κ3) is 9.87. The van der Waals surface area contributed by atoms with E-state index in [1.54, 1.807) is 18.2 Å². The smallest absolute Gasteiger partial charge is 0.303 e. The highest BCUT2D eigenvalue weighted by Crippen LogP contribution is 2.44. The highest BCUT2D eigenvalue weighted by molar-refractivity contribution is 9.10. The molecule has 2 amide bonds. The van der Waals surface area contributed by atoms with Crippen LogP contribution in [0.1, 0.15) is 78.6 Å². The van der Waals surface area contributed by atoms with Crippen LogP contribution in [0.15, 0.2) is 163 Å². The van der Waals surface area contributed by atoms with Gasteiger partial charge in [0.2, 0.25) is 11.8 Å². The predicted molar refractivity (Wildman–Crippen MR) is 289 cm³/mol. The lowest BCUT2D eigenvalue weighted by molar-refractivity contribution is -0.141. The molecule has 73 heavy (non-hydrogen) atoms. The number of rotatable bonds is 13. The van der Waals surface area contributed by atoms with Crippen molar-refractivity contribution in [2.75, 3.05) is 0 Å². The number of amides is 2. The number of benzene rings is 6. The standard InChI is InChI=1S/C57H43Br2ClN6O7/c1-31-52(44-29-46(34-16-18-37(58)19-17-34)65(63-44)48(67)22-24-50(69)70)54(36-10-6-3-7-11-36)42-27-38(59)26-40(56(42)61-31)32-12-14-33(15-13-32)47-30-45(64-66(47)49(68)23-25-51(71)72)55-53(35-8-4-2-5-9-35)41-28-39(60)20-21-43(41)62-57(55)73/h2-21,26-28,46-47H,22-25,29-30H2,1H3,(H,62,73)(H,69,70)(H,71,72). The molecule has 364 valence electrons. The van der Waals surface area contributed by atoms with Crippen LogP contribution in [-0.4, -0.2) is 65.4 Å². The summed E-state index contributed by atoms with van der Waals surface area (Å²) in [5.41, 5.74) is 9.95. The Labute approximate surface area is 440 Å². The SMILES string of the molecule is Cc1nc2c(-c3ccc(C4CC(c5c(-c6ccccc6)c6cc(Cl)ccc6[nH]c5=O)=NN4C(=O)CCC(=O)O)cc3)cc(Br)cc2c(-c2ccccc2)c1C1=NN(C(=O)CCC(=O)O)C(c2ccc(Br)cc2)C1. The molecular weight excluding hydrogens is 1080 g/mol. The number of halogens is 3. The molecule has 4 heterocycles. The Morgan fingerprint density at radius 2 is 1.12 bits per heavy atom. The van der Waals surface area contributed by atoms with Crippen molar-refractivity contribution < 1.29 is 29.4 Å². The molecule has 2 unspecified atom stereocenters. The fraction of sp³-hybridized carbons (Fsp3) is 0.158. The number of H-pyrrole nitrogens is 1. The maximum absolute atomic E-state index is 14.2. The Hall–Kier alpha value is -7.59. The molecule has 16 heteroatoms. The van der Waals surface area contributed by atoms with Crippen molar-refractivity contribution in [3.05, 3.63) is 192 Å². The molecule has 6 aromatic carbocycles. The Kier molecular flexibility index (Phi) is 13.8. The summed E-state index contributed by atoms with van der Waals surface area (Å²) in [6.07, 6.45) is -0.714. The average Bonchev–Trinajstić information content (AvgIpc) is 4.03. The second-order valence-corrected chi connectivity index (χ2v) is 20.2. The summed E-state index contributed by atoms with van der Waals surface area (Å²) in [5.74, 6) is -3.09. The Balaban J connectivity index is 1.06. The summed E-state index contributed by atoms with van der Waals surface area (Å²) >= 11 is 13.9. The molecule has 0 saturated carbocycles. The van der Waals surface area contributed by atoms with Gasteiger partial charge in [-0.3, -0.25) is 29.0 Å². The Morgan fingerprint density at radius 3 is 1.67 bits per heavy atom. The molecule has 13 nitrogen and oxygen atoms in total. The molecular formula is C57H43Br2ClN6O7. The van der Waals surface area contributed by atoms with Gasteiger partial charge in [-0.25, -0.2) is 10.0 Å². The minimum Gasteiger partial charge on any atom is -0.481 e. The molecule has 8 aromatic rings. The number of hydrazone groups is 2. The Morgan fingerprint density at radius 1 is 0.603 bits per heavy atom. The zero-order valence-electron chi connectivity index (χ0n) is 39.0. The summed E-state index contributed by atoms with van der Waals surface area (Å²) in [7, 11) is 0. The van der Waals surface area contributed by atoms with Crippen molar-refractivity contribution >= 4 is 100 Å². The van der Waals surface area contributed by atoms with Crippen LogP contribution in [0, 0.1) is 6.92 Å². The van der Waals surface area contributed by atoms with E-state index in [4.69, 9.17) is 26.8 Å². The number of nitrogens with one attached hydrogen (secondary N) is 1. The van der Waals surface area contributed by atoms with E-state index in [0.29, 0.717) is 56.1 Å². The third-order valence-electron chi connectivity index (χ3n) is 13.2. The third-order valence-corrected chi connectivity index (χ3v) is 14.4. The molecule has 0 radical (unpaired) electrons. The molecule has 0 bridgehead atoms. The average molecular weight is 1120 g/mol. The van der Waals surface area contributed by atoms with Crippen LogP contribution < -0.4 is 5.56 Å². The van der Waals surface area contributed by atoms with Crippen molar-refractivity contribution in [3.8, 4) is 33.4 Å². The molecule has 2 aliphatic rings. The van der Waals surface area contributed by atoms with Crippen molar-refractivity contribution in [2.45, 2.75) is 57.5 Å². The van der Waals surface area contributed by atoms with Crippen LogP contribution in [-0.2, 0) is 19.2 Å². The second kappa shape index (κ2) is 20.5. The van der Waals surface area contributed by atoms with Gasteiger partial charge in [-0.05, 0) is 77.2 Å². The van der Waals surface area contributed by atoms with E-state index < -0.39 is 47.8 Å². The number of aromatic nitrogens is 2. The van der Waals surface area contributed by atoms with E-state index in [0.717, 1.165) is 53.3 Å². The fourth-order valence-electron chi connectivity index (χ4n) is 9.90. The number of aliphatic carboxylic acids is 2. The highest BCUT2D eigenvalue weighted by atomic mass is 79.9. The zero-order valence-corrected chi connectivity index (χ0v) is 42.9. The van der Waals surface area contributed by atoms with Gasteiger partial charge < -0.3 is 15.2 Å². The molecule has 2 atom stereocenters. The number of carbonyl (C=O) groups is 4. The van der Waals surface area contributed by atoms with Gasteiger partial charge in [-0.2, -0.15) is 10.2 Å². The van der Waals surface area contributed by atoms with Crippen LogP contribution in [0.4, 0.5) is 0 Å². The quantitative estimate of drug-likeness (QED) is 0.102. The van der Waals surface area contributed by atoms with Gasteiger partial charge in [0.15, 0.2) is 0 Å². The van der Waals surface area contributed by atoms with Crippen LogP contribution in [0.25, 0.3) is 55.2 Å². The number of hydrogen-bond donors (Lipinski definition) is 3. The van der Waals surface area contributed by atoms with Crippen LogP contribution >= 0.6 is 43.5 Å². The summed E-state index contributed by atoms with van der Waals surface area (Å²) < 4.78 is 1.65. The van der Waals surface area contributed by atoms with E-state index in [9.17, 15) is 34.2 Å². The zero-order chi connectivity index (χ0) is 51.1. The van der Waals surface area contributed by atoms with Gasteiger partial charge in [-0.1, -0.05) is 141 Å². The van der Waals surface area contributed by atoms with Gasteiger partial charge in [0.05, 0.1) is 47.4 Å². The number of nitrogens with zero attached hydrogens (tertiary/aromatic N) is 5. The van der Waals surface area contributed by atoms with Crippen molar-refractivity contribution in [3.63, 3.8) is 0 Å². The van der Waals surface area contributed by atoms with Gasteiger partial charge in [0.25, 0.3) is 5.56 Å². The number of carboxylic acid groups (broad SMARTS) is 2. The minimum atomic E-state index is -1.12. The number of aryl methyl sites for hydroxylation is 1. The van der Waals surface area contributed by atoms with Gasteiger partial charge in [0, 0.05) is 83.9 Å². The fourth-order valence-corrected chi connectivity index (χ4v) is 10.8. The first kappa shape index (κ1) is 49.0. The lowest BCUT2D eigenvalue weighted by Gasteiger charge is -2.22.